The van der Waals surface area contributed by atoms with Crippen LogP contribution in [-0.4, -0.2) is 58.6 Å². The van der Waals surface area contributed by atoms with Crippen molar-refractivity contribution in [3.8, 4) is 0 Å². The molecule has 1 unspecified atom stereocenters. The fourth-order valence-corrected chi connectivity index (χ4v) is 2.03. The summed E-state index contributed by atoms with van der Waals surface area (Å²) in [6.45, 7) is 4.81. The zero-order valence-corrected chi connectivity index (χ0v) is 10.6. The van der Waals surface area contributed by atoms with E-state index in [9.17, 15) is 0 Å². The number of rotatable bonds is 2. The maximum absolute atomic E-state index is 8.77. The number of aromatic nitrogens is 2. The topological polar surface area (TPSA) is 90.9 Å². The molecule has 1 aliphatic heterocycles. The van der Waals surface area contributed by atoms with Gasteiger partial charge in [-0.1, -0.05) is 5.16 Å². The van der Waals surface area contributed by atoms with Crippen molar-refractivity contribution in [3.63, 3.8) is 0 Å². The van der Waals surface area contributed by atoms with Crippen LogP contribution < -0.4 is 10.6 Å². The van der Waals surface area contributed by atoms with Gasteiger partial charge in [0.15, 0.2) is 17.3 Å². The van der Waals surface area contributed by atoms with Crippen molar-refractivity contribution in [1.29, 1.82) is 0 Å². The molecule has 1 aromatic rings. The van der Waals surface area contributed by atoms with E-state index in [2.05, 4.69) is 38.9 Å². The molecule has 3 N–H and O–H groups in total. The largest absolute Gasteiger partial charge is 0.409 e. The Hall–Kier alpha value is -1.89. The molecule has 1 fully saturated rings. The van der Waals surface area contributed by atoms with Crippen molar-refractivity contribution in [2.24, 2.45) is 10.9 Å². The number of nitrogens with two attached hydrogens (primary N) is 1. The molecule has 1 aliphatic rings. The van der Waals surface area contributed by atoms with Crippen LogP contribution in [0.3, 0.4) is 0 Å². The summed E-state index contributed by atoms with van der Waals surface area (Å²) < 4.78 is 0. The number of likely N-dealkylation sites (N-methyl/N-ethyl adjacent to an activating group) is 1. The fraction of sp³-hybridized carbons (Fsp3) is 0.545. The minimum atomic E-state index is -0.00955. The van der Waals surface area contributed by atoms with Crippen molar-refractivity contribution in [2.45, 2.75) is 13.0 Å². The molecule has 0 saturated carbocycles. The van der Waals surface area contributed by atoms with Crippen LogP contribution >= 0.6 is 0 Å². The van der Waals surface area contributed by atoms with Gasteiger partial charge >= 0.3 is 0 Å². The van der Waals surface area contributed by atoms with Gasteiger partial charge in [0.25, 0.3) is 0 Å². The second kappa shape index (κ2) is 5.18. The van der Waals surface area contributed by atoms with Crippen LogP contribution in [0.2, 0.25) is 0 Å². The second-order valence-electron chi connectivity index (χ2n) is 4.49. The van der Waals surface area contributed by atoms with Gasteiger partial charge in [0, 0.05) is 38.1 Å². The van der Waals surface area contributed by atoms with Gasteiger partial charge in [0.1, 0.15) is 0 Å². The third-order valence-corrected chi connectivity index (χ3v) is 3.29. The van der Waals surface area contributed by atoms with E-state index in [1.807, 2.05) is 0 Å². The Morgan fingerprint density at radius 2 is 2.17 bits per heavy atom. The second-order valence-corrected chi connectivity index (χ2v) is 4.49. The molecule has 0 aromatic carbocycles. The van der Waals surface area contributed by atoms with Gasteiger partial charge in [-0.15, -0.1) is 0 Å². The minimum absolute atomic E-state index is 0.00955. The van der Waals surface area contributed by atoms with E-state index in [1.54, 1.807) is 6.20 Å². The summed E-state index contributed by atoms with van der Waals surface area (Å²) in [4.78, 5) is 12.8. The molecule has 0 bridgehead atoms. The first-order valence-corrected chi connectivity index (χ1v) is 5.87. The number of amidine groups is 1. The summed E-state index contributed by atoms with van der Waals surface area (Å²) in [5.74, 6) is 0.664. The highest BCUT2D eigenvalue weighted by atomic mass is 16.4. The molecule has 98 valence electrons. The normalized spacial score (nSPS) is 22.2. The SMILES string of the molecule is CC1CN(c2nccnc2C(N)=NO)CCN1C. The van der Waals surface area contributed by atoms with Gasteiger partial charge in [-0.25, -0.2) is 9.97 Å². The lowest BCUT2D eigenvalue weighted by Gasteiger charge is -2.38. The first-order chi connectivity index (χ1) is 8.63. The quantitative estimate of drug-likeness (QED) is 0.324. The third-order valence-electron chi connectivity index (χ3n) is 3.29. The average Bonchev–Trinajstić information content (AvgIpc) is 2.41. The molecule has 0 radical (unpaired) electrons. The van der Waals surface area contributed by atoms with Crippen molar-refractivity contribution in [3.05, 3.63) is 18.1 Å². The Bertz CT molecular complexity index is 449. The molecular weight excluding hydrogens is 232 g/mol. The summed E-state index contributed by atoms with van der Waals surface area (Å²) in [5, 5.41) is 11.8. The van der Waals surface area contributed by atoms with E-state index in [-0.39, 0.29) is 5.84 Å². The zero-order valence-electron chi connectivity index (χ0n) is 10.6. The number of hydrogen-bond acceptors (Lipinski definition) is 6. The summed E-state index contributed by atoms with van der Waals surface area (Å²) >= 11 is 0. The van der Waals surface area contributed by atoms with E-state index in [1.165, 1.54) is 6.20 Å². The van der Waals surface area contributed by atoms with Gasteiger partial charge in [-0.2, -0.15) is 0 Å². The average molecular weight is 250 g/mol. The molecule has 7 heteroatoms. The molecule has 1 aromatic heterocycles. The molecule has 18 heavy (non-hydrogen) atoms. The zero-order chi connectivity index (χ0) is 13.1. The Kier molecular flexibility index (Phi) is 3.61. The van der Waals surface area contributed by atoms with Crippen LogP contribution in [0, 0.1) is 0 Å². The Labute approximate surface area is 106 Å². The molecule has 2 rings (SSSR count). The number of nitrogens with zero attached hydrogens (tertiary/aromatic N) is 5. The molecule has 0 spiro atoms. The van der Waals surface area contributed by atoms with Gasteiger partial charge in [0.05, 0.1) is 0 Å². The van der Waals surface area contributed by atoms with Crippen molar-refractivity contribution < 1.29 is 5.21 Å². The maximum atomic E-state index is 8.77. The Balaban J connectivity index is 2.28. The predicted molar refractivity (Wildman–Crippen MR) is 68.8 cm³/mol. The van der Waals surface area contributed by atoms with Crippen LogP contribution in [0.5, 0.6) is 0 Å². The highest BCUT2D eigenvalue weighted by Crippen LogP contribution is 2.18. The van der Waals surface area contributed by atoms with Gasteiger partial charge in [-0.05, 0) is 14.0 Å². The molecule has 1 atom stereocenters. The van der Waals surface area contributed by atoms with Gasteiger partial charge in [-0.3, -0.25) is 0 Å². The minimum Gasteiger partial charge on any atom is -0.409 e. The van der Waals surface area contributed by atoms with E-state index >= 15 is 0 Å². The van der Waals surface area contributed by atoms with Crippen LogP contribution in [0.15, 0.2) is 17.5 Å². The Morgan fingerprint density at radius 1 is 1.44 bits per heavy atom. The van der Waals surface area contributed by atoms with E-state index < -0.39 is 0 Å². The van der Waals surface area contributed by atoms with Crippen molar-refractivity contribution in [2.75, 3.05) is 31.6 Å². The van der Waals surface area contributed by atoms with Crippen LogP contribution in [-0.2, 0) is 0 Å². The molecule has 2 heterocycles. The monoisotopic (exact) mass is 250 g/mol. The Morgan fingerprint density at radius 3 is 2.83 bits per heavy atom. The van der Waals surface area contributed by atoms with Crippen LogP contribution in [0.4, 0.5) is 5.82 Å². The number of hydrogen-bond donors (Lipinski definition) is 2. The number of piperazine rings is 1. The summed E-state index contributed by atoms with van der Waals surface area (Å²) in [6, 6.07) is 0.431. The lowest BCUT2D eigenvalue weighted by atomic mass is 10.2. The van der Waals surface area contributed by atoms with E-state index in [0.717, 1.165) is 19.6 Å². The summed E-state index contributed by atoms with van der Waals surface area (Å²) in [5.41, 5.74) is 6.05. The van der Waals surface area contributed by atoms with Crippen molar-refractivity contribution >= 4 is 11.7 Å². The van der Waals surface area contributed by atoms with E-state index in [0.29, 0.717) is 17.6 Å². The highest BCUT2D eigenvalue weighted by molar-refractivity contribution is 5.99. The molecule has 0 amide bonds. The first kappa shape index (κ1) is 12.6. The maximum Gasteiger partial charge on any atom is 0.192 e. The lowest BCUT2D eigenvalue weighted by molar-refractivity contribution is 0.233. The predicted octanol–water partition coefficient (Wildman–Crippen LogP) is -0.289. The first-order valence-electron chi connectivity index (χ1n) is 5.87. The van der Waals surface area contributed by atoms with Gasteiger partial charge in [0.2, 0.25) is 0 Å². The number of anilines is 1. The molecule has 1 saturated heterocycles. The fourth-order valence-electron chi connectivity index (χ4n) is 2.03. The highest BCUT2D eigenvalue weighted by Gasteiger charge is 2.24. The molecule has 0 aliphatic carbocycles. The summed E-state index contributed by atoms with van der Waals surface area (Å²) in [7, 11) is 2.10. The van der Waals surface area contributed by atoms with E-state index in [4.69, 9.17) is 10.9 Å². The number of oxime groups is 1. The standard InChI is InChI=1S/C11H18N6O/c1-8-7-17(6-5-16(8)2)11-9(10(12)15-18)13-3-4-14-11/h3-4,8,18H,5-7H2,1-2H3,(H2,12,15). The molecular formula is C11H18N6O. The van der Waals surface area contributed by atoms with Crippen molar-refractivity contribution in [1.82, 2.24) is 14.9 Å². The third kappa shape index (κ3) is 2.35. The van der Waals surface area contributed by atoms with Gasteiger partial charge < -0.3 is 20.7 Å². The summed E-state index contributed by atoms with van der Waals surface area (Å²) in [6.07, 6.45) is 3.16. The smallest absolute Gasteiger partial charge is 0.192 e. The van der Waals surface area contributed by atoms with Crippen LogP contribution in [0.1, 0.15) is 12.6 Å². The van der Waals surface area contributed by atoms with Crippen LogP contribution in [0.25, 0.3) is 0 Å². The lowest BCUT2D eigenvalue weighted by Crippen LogP contribution is -2.50. The molecule has 7 nitrogen and oxygen atoms in total.